The Morgan fingerprint density at radius 1 is 1.14 bits per heavy atom. The predicted octanol–water partition coefficient (Wildman–Crippen LogP) is 3.69. The molecular formula is C14H13F4NO2. The van der Waals surface area contributed by atoms with Gasteiger partial charge in [0.2, 0.25) is 11.8 Å². The molecule has 1 N–H and O–H groups in total. The molecule has 1 amide bonds. The summed E-state index contributed by atoms with van der Waals surface area (Å²) in [6.07, 6.45) is -0.784. The van der Waals surface area contributed by atoms with E-state index in [9.17, 15) is 22.4 Å². The fourth-order valence-corrected chi connectivity index (χ4v) is 3.11. The summed E-state index contributed by atoms with van der Waals surface area (Å²) in [4.78, 5) is 12.2. The molecule has 1 heterocycles. The third kappa shape index (κ3) is 2.34. The van der Waals surface area contributed by atoms with Crippen LogP contribution in [0.5, 0.6) is 5.75 Å². The van der Waals surface area contributed by atoms with Gasteiger partial charge >= 0.3 is 6.61 Å². The standard InChI is InChI=1S/C14H13F4NO2/c15-12(16)21-8-1-2-10-9(7-8)13(11(20)19-10)3-5-14(17,18)6-4-13/h1-2,7,12H,3-6H2,(H,19,20). The van der Waals surface area contributed by atoms with E-state index in [0.29, 0.717) is 11.3 Å². The lowest BCUT2D eigenvalue weighted by molar-refractivity contribution is -0.125. The van der Waals surface area contributed by atoms with E-state index in [4.69, 9.17) is 0 Å². The Morgan fingerprint density at radius 2 is 1.81 bits per heavy atom. The van der Waals surface area contributed by atoms with Crippen molar-refractivity contribution in [2.75, 3.05) is 5.32 Å². The van der Waals surface area contributed by atoms with Crippen molar-refractivity contribution in [2.45, 2.75) is 43.6 Å². The van der Waals surface area contributed by atoms with Gasteiger partial charge in [0, 0.05) is 18.5 Å². The quantitative estimate of drug-likeness (QED) is 0.846. The number of hydrogen-bond acceptors (Lipinski definition) is 2. The van der Waals surface area contributed by atoms with Crippen LogP contribution in [-0.4, -0.2) is 18.4 Å². The van der Waals surface area contributed by atoms with Gasteiger partial charge in [-0.1, -0.05) is 0 Å². The minimum absolute atomic E-state index is 0.00301. The van der Waals surface area contributed by atoms with E-state index in [-0.39, 0.29) is 37.3 Å². The first-order valence-electron chi connectivity index (χ1n) is 6.61. The third-order valence-corrected chi connectivity index (χ3v) is 4.25. The summed E-state index contributed by atoms with van der Waals surface area (Å²) in [7, 11) is 0. The number of halogens is 4. The molecule has 1 aromatic carbocycles. The van der Waals surface area contributed by atoms with Crippen LogP contribution >= 0.6 is 0 Å². The van der Waals surface area contributed by atoms with Gasteiger partial charge in [-0.05, 0) is 36.6 Å². The summed E-state index contributed by atoms with van der Waals surface area (Å²) in [5.41, 5.74) is -0.105. The Labute approximate surface area is 118 Å². The number of fused-ring (bicyclic) bond motifs is 2. The van der Waals surface area contributed by atoms with Crippen molar-refractivity contribution < 1.29 is 27.1 Å². The van der Waals surface area contributed by atoms with Gasteiger partial charge in [-0.15, -0.1) is 0 Å². The Kier molecular flexibility index (Phi) is 3.11. The van der Waals surface area contributed by atoms with Crippen LogP contribution in [0.1, 0.15) is 31.2 Å². The maximum absolute atomic E-state index is 13.3. The molecule has 0 radical (unpaired) electrons. The fourth-order valence-electron chi connectivity index (χ4n) is 3.11. The van der Waals surface area contributed by atoms with Crippen LogP contribution in [0.15, 0.2) is 18.2 Å². The van der Waals surface area contributed by atoms with Crippen molar-refractivity contribution in [3.05, 3.63) is 23.8 Å². The van der Waals surface area contributed by atoms with Crippen LogP contribution in [0.25, 0.3) is 0 Å². The highest BCUT2D eigenvalue weighted by Crippen LogP contribution is 2.51. The molecule has 0 bridgehead atoms. The molecule has 0 atom stereocenters. The predicted molar refractivity (Wildman–Crippen MR) is 66.8 cm³/mol. The van der Waals surface area contributed by atoms with Gasteiger partial charge in [-0.3, -0.25) is 4.79 Å². The van der Waals surface area contributed by atoms with Gasteiger partial charge in [0.05, 0.1) is 5.41 Å². The van der Waals surface area contributed by atoms with E-state index in [1.807, 2.05) is 0 Å². The van der Waals surface area contributed by atoms with Gasteiger partial charge in [0.25, 0.3) is 0 Å². The first kappa shape index (κ1) is 14.2. The highest BCUT2D eigenvalue weighted by molar-refractivity contribution is 6.06. The smallest absolute Gasteiger partial charge is 0.387 e. The van der Waals surface area contributed by atoms with Crippen molar-refractivity contribution in [1.82, 2.24) is 0 Å². The van der Waals surface area contributed by atoms with Gasteiger partial charge in [0.15, 0.2) is 0 Å². The highest BCUT2D eigenvalue weighted by Gasteiger charge is 2.52. The second kappa shape index (κ2) is 4.61. The Balaban J connectivity index is 1.96. The summed E-state index contributed by atoms with van der Waals surface area (Å²) < 4.78 is 55.6. The third-order valence-electron chi connectivity index (χ3n) is 4.25. The normalized spacial score (nSPS) is 22.2. The molecule has 7 heteroatoms. The lowest BCUT2D eigenvalue weighted by Crippen LogP contribution is -2.41. The molecule has 0 unspecified atom stereocenters. The Hall–Kier alpha value is -1.79. The number of benzene rings is 1. The van der Waals surface area contributed by atoms with Crippen LogP contribution in [0, 0.1) is 0 Å². The van der Waals surface area contributed by atoms with Gasteiger partial charge in [0.1, 0.15) is 5.75 Å². The van der Waals surface area contributed by atoms with E-state index < -0.39 is 17.9 Å². The monoisotopic (exact) mass is 303 g/mol. The molecule has 1 aliphatic heterocycles. The molecule has 1 aromatic rings. The largest absolute Gasteiger partial charge is 0.435 e. The van der Waals surface area contributed by atoms with Gasteiger partial charge < -0.3 is 10.1 Å². The molecule has 1 spiro atoms. The van der Waals surface area contributed by atoms with E-state index >= 15 is 0 Å². The van der Waals surface area contributed by atoms with E-state index in [0.717, 1.165) is 0 Å². The van der Waals surface area contributed by atoms with Crippen LogP contribution < -0.4 is 10.1 Å². The number of amides is 1. The summed E-state index contributed by atoms with van der Waals surface area (Å²) in [5, 5.41) is 2.64. The number of rotatable bonds is 2. The zero-order valence-electron chi connectivity index (χ0n) is 11.0. The van der Waals surface area contributed by atoms with E-state index in [1.165, 1.54) is 18.2 Å². The Bertz CT molecular complexity index is 578. The maximum Gasteiger partial charge on any atom is 0.387 e. The van der Waals surface area contributed by atoms with E-state index in [1.54, 1.807) is 0 Å². The average molecular weight is 303 g/mol. The number of hydrogen-bond donors (Lipinski definition) is 1. The summed E-state index contributed by atoms with van der Waals surface area (Å²) in [5.74, 6) is -3.19. The minimum atomic E-state index is -2.97. The van der Waals surface area contributed by atoms with Crippen LogP contribution in [0.2, 0.25) is 0 Å². The molecule has 0 saturated heterocycles. The molecule has 21 heavy (non-hydrogen) atoms. The van der Waals surface area contributed by atoms with Crippen LogP contribution in [0.3, 0.4) is 0 Å². The lowest BCUT2D eigenvalue weighted by Gasteiger charge is -2.35. The summed E-state index contributed by atoms with van der Waals surface area (Å²) in [6, 6.07) is 4.14. The highest BCUT2D eigenvalue weighted by atomic mass is 19.3. The van der Waals surface area contributed by atoms with E-state index in [2.05, 4.69) is 10.1 Å². The zero-order valence-corrected chi connectivity index (χ0v) is 11.0. The van der Waals surface area contributed by atoms with Crippen LogP contribution in [0.4, 0.5) is 23.2 Å². The fraction of sp³-hybridized carbons (Fsp3) is 0.500. The molecule has 114 valence electrons. The Morgan fingerprint density at radius 3 is 2.43 bits per heavy atom. The average Bonchev–Trinajstić information content (AvgIpc) is 2.66. The number of carbonyl (C=O) groups is 1. The first-order valence-corrected chi connectivity index (χ1v) is 6.61. The molecule has 2 aliphatic rings. The number of ether oxygens (including phenoxy) is 1. The molecular weight excluding hydrogens is 290 g/mol. The topological polar surface area (TPSA) is 38.3 Å². The summed E-state index contributed by atoms with van der Waals surface area (Å²) >= 11 is 0. The number of anilines is 1. The van der Waals surface area contributed by atoms with Crippen molar-refractivity contribution in [3.8, 4) is 5.75 Å². The van der Waals surface area contributed by atoms with Crippen molar-refractivity contribution in [3.63, 3.8) is 0 Å². The molecule has 0 aromatic heterocycles. The lowest BCUT2D eigenvalue weighted by atomic mass is 9.69. The van der Waals surface area contributed by atoms with Gasteiger partial charge in [-0.25, -0.2) is 8.78 Å². The first-order chi connectivity index (χ1) is 9.82. The number of alkyl halides is 4. The minimum Gasteiger partial charge on any atom is -0.435 e. The molecule has 3 rings (SSSR count). The van der Waals surface area contributed by atoms with Crippen molar-refractivity contribution >= 4 is 11.6 Å². The van der Waals surface area contributed by atoms with Crippen molar-refractivity contribution in [1.29, 1.82) is 0 Å². The summed E-state index contributed by atoms with van der Waals surface area (Å²) in [6.45, 7) is -2.97. The molecule has 1 fully saturated rings. The second-order valence-corrected chi connectivity index (χ2v) is 5.48. The van der Waals surface area contributed by atoms with Gasteiger partial charge in [-0.2, -0.15) is 8.78 Å². The molecule has 1 saturated carbocycles. The second-order valence-electron chi connectivity index (χ2n) is 5.48. The maximum atomic E-state index is 13.3. The SMILES string of the molecule is O=C1Nc2ccc(OC(F)F)cc2C12CCC(F)(F)CC2. The van der Waals surface area contributed by atoms with Crippen molar-refractivity contribution in [2.24, 2.45) is 0 Å². The molecule has 1 aliphatic carbocycles. The number of nitrogens with one attached hydrogen (secondary N) is 1. The molecule has 3 nitrogen and oxygen atoms in total. The van der Waals surface area contributed by atoms with Crippen LogP contribution in [-0.2, 0) is 10.2 Å². The zero-order chi connectivity index (χ0) is 15.3. The number of carbonyl (C=O) groups excluding carboxylic acids is 1.